The highest BCUT2D eigenvalue weighted by molar-refractivity contribution is 9.10. The van der Waals surface area contributed by atoms with E-state index in [0.29, 0.717) is 111 Å². The molecule has 8 aromatic heterocycles. The van der Waals surface area contributed by atoms with Crippen molar-refractivity contribution in [3.8, 4) is 46.5 Å². The normalized spacial score (nSPS) is 25.7. The Labute approximate surface area is 544 Å². The predicted octanol–water partition coefficient (Wildman–Crippen LogP) is 7.46. The number of rotatable bonds is 16. The molecule has 92 heavy (non-hydrogen) atoms. The van der Waals surface area contributed by atoms with Crippen LogP contribution in [0.3, 0.4) is 0 Å². The van der Waals surface area contributed by atoms with E-state index in [9.17, 15) is 18.9 Å². The lowest BCUT2D eigenvalue weighted by Crippen LogP contribution is -2.68. The van der Waals surface area contributed by atoms with Gasteiger partial charge in [0.05, 0.1) is 85.6 Å². The first-order valence-electron chi connectivity index (χ1n) is 30.6. The Hall–Kier alpha value is -7.96. The number of hydrogen-bond donors (Lipinski definition) is 2. The van der Waals surface area contributed by atoms with Crippen molar-refractivity contribution in [2.75, 3.05) is 86.4 Å². The molecular formula is C64H72BBrN16O8S2. The first-order chi connectivity index (χ1) is 44.1. The van der Waals surface area contributed by atoms with Gasteiger partial charge in [0.2, 0.25) is 11.8 Å². The molecule has 17 rings (SSSR count). The minimum absolute atomic E-state index is 0.118. The Morgan fingerprint density at radius 3 is 1.51 bits per heavy atom. The summed E-state index contributed by atoms with van der Waals surface area (Å²) >= 11 is 3.44. The van der Waals surface area contributed by atoms with E-state index >= 15 is 0 Å². The zero-order valence-corrected chi connectivity index (χ0v) is 55.3. The first kappa shape index (κ1) is 62.8. The van der Waals surface area contributed by atoms with Crippen LogP contribution in [-0.2, 0) is 41.9 Å². The van der Waals surface area contributed by atoms with Gasteiger partial charge in [-0.3, -0.25) is 19.4 Å². The molecule has 0 aliphatic carbocycles. The summed E-state index contributed by atoms with van der Waals surface area (Å²) in [5.41, 5.74) is 6.02. The maximum atomic E-state index is 11.7. The maximum Gasteiger partial charge on any atom is 0.497 e. The summed E-state index contributed by atoms with van der Waals surface area (Å²) in [4.78, 5) is 27.9. The summed E-state index contributed by atoms with van der Waals surface area (Å²) < 4.78 is 77.3. The third kappa shape index (κ3) is 13.1. The third-order valence-electron chi connectivity index (χ3n) is 18.8. The fourth-order valence-electron chi connectivity index (χ4n) is 13.2. The highest BCUT2D eigenvalue weighted by Gasteiger charge is 2.53. The number of ether oxygens (including phenoxy) is 4. The molecule has 9 aliphatic rings. The van der Waals surface area contributed by atoms with Crippen molar-refractivity contribution in [2.45, 2.75) is 89.0 Å². The standard InChI is InChI=1S/C29H30N8O3S.C18H23BN4O4S.C17H19BrN4O/c1-39-28-5-2-19(9-33-28)12-36-23-6-24(36)14-35(13-23)27-4-3-21(10-32-27)26-7-25(40-16-20-17-41(31,38)18-20)15-37-29(26)22(8-30)11-34-37;1-17(2)18(3,4)27-19(26-17)15-5-14(25-9-12-10-28(21,24)11-12)8-23-16(15)13(6-20)7-22-23;1-23-17-5-2-12(7-20-17)9-22-14-6-15(22)11-21(10-14)16-4-3-13(18)8-19-16/h2-5,7,9-11,15,20,23-24,31H,6,12-14,16-18H2,1H3;5,7-8,12,21H,9-11H2,1-4H3;2-5,7-8,14-15H,6,9-11H2,1H3. The van der Waals surface area contributed by atoms with E-state index in [1.165, 1.54) is 30.2 Å². The molecule has 2 N–H and O–H groups in total. The van der Waals surface area contributed by atoms with Gasteiger partial charge >= 0.3 is 7.12 Å². The van der Waals surface area contributed by atoms with Crippen molar-refractivity contribution in [2.24, 2.45) is 11.8 Å². The molecule has 17 heterocycles. The Morgan fingerprint density at radius 1 is 0.620 bits per heavy atom. The van der Waals surface area contributed by atoms with Crippen LogP contribution in [0, 0.1) is 44.1 Å². The second kappa shape index (κ2) is 25.2. The van der Waals surface area contributed by atoms with Gasteiger partial charge in [-0.2, -0.15) is 20.7 Å². The lowest BCUT2D eigenvalue weighted by molar-refractivity contribution is -0.00879. The zero-order valence-electron chi connectivity index (χ0n) is 52.1. The molecular weight excluding hydrogens is 1280 g/mol. The first-order valence-corrected chi connectivity index (χ1v) is 35.2. The van der Waals surface area contributed by atoms with Crippen LogP contribution in [0.1, 0.15) is 62.8 Å². The summed E-state index contributed by atoms with van der Waals surface area (Å²) in [5.74, 6) is 6.23. The predicted molar refractivity (Wildman–Crippen MR) is 351 cm³/mol. The summed E-state index contributed by atoms with van der Waals surface area (Å²) in [6.07, 6.45) is 16.5. The van der Waals surface area contributed by atoms with E-state index in [4.69, 9.17) is 42.8 Å². The van der Waals surface area contributed by atoms with Crippen molar-refractivity contribution in [3.05, 3.63) is 137 Å². The molecule has 9 saturated heterocycles. The summed E-state index contributed by atoms with van der Waals surface area (Å²) in [5, 5.41) is 27.8. The van der Waals surface area contributed by atoms with Gasteiger partial charge in [-0.05, 0) is 104 Å². The number of piperidine rings is 2. The van der Waals surface area contributed by atoms with Crippen molar-refractivity contribution in [1.29, 1.82) is 20.1 Å². The zero-order chi connectivity index (χ0) is 64.3. The Balaban J connectivity index is 0.000000132. The average Bonchev–Trinajstić information content (AvgIpc) is 1.16. The largest absolute Gasteiger partial charge is 0.497 e. The number of piperazine rings is 2. The minimum atomic E-state index is -2.41. The van der Waals surface area contributed by atoms with Gasteiger partial charge in [0.25, 0.3) is 0 Å². The molecule has 9 aliphatic heterocycles. The van der Waals surface area contributed by atoms with E-state index < -0.39 is 37.8 Å². The van der Waals surface area contributed by atoms with Crippen LogP contribution in [0.25, 0.3) is 22.2 Å². The average molecular weight is 1350 g/mol. The van der Waals surface area contributed by atoms with Crippen molar-refractivity contribution in [1.82, 2.24) is 49.0 Å². The molecule has 4 unspecified atom stereocenters. The van der Waals surface area contributed by atoms with Crippen LogP contribution >= 0.6 is 15.9 Å². The molecule has 478 valence electrons. The molecule has 9 fully saturated rings. The molecule has 24 nitrogen and oxygen atoms in total. The SMILES string of the molecule is CC1(C)OB(c2cc(OCC3CS(=N)(=O)C3)cn3ncc(C#N)c23)OC1(C)C.COc1ccc(CN2C3CC2CN(c2ccc(-c4cc(OCC5CS(=N)(=O)C5)cn5ncc(C#N)c45)cn2)C3)cn1.COc1ccc(CN2C3CC2CN(c2ccc(Br)cn2)C3)cn1. The van der Waals surface area contributed by atoms with Gasteiger partial charge in [-0.15, -0.1) is 0 Å². The smallest absolute Gasteiger partial charge is 0.492 e. The quantitative estimate of drug-likeness (QED) is 0.0887. The highest BCUT2D eigenvalue weighted by Crippen LogP contribution is 2.40. The second-order valence-corrected chi connectivity index (χ2v) is 31.3. The van der Waals surface area contributed by atoms with Gasteiger partial charge in [0, 0.05) is 176 Å². The monoisotopic (exact) mass is 1350 g/mol. The van der Waals surface area contributed by atoms with Crippen molar-refractivity contribution >= 4 is 70.6 Å². The Morgan fingerprint density at radius 2 is 1.09 bits per heavy atom. The van der Waals surface area contributed by atoms with Gasteiger partial charge in [-0.1, -0.05) is 12.1 Å². The number of hydrogen-bond acceptors (Lipinski definition) is 22. The number of nitrogens with one attached hydrogen (secondary N) is 2. The fourth-order valence-corrected chi connectivity index (χ4v) is 16.7. The number of nitrogens with zero attached hydrogens (tertiary/aromatic N) is 14. The van der Waals surface area contributed by atoms with Gasteiger partial charge < -0.3 is 38.1 Å². The number of fused-ring (bicyclic) bond motifs is 6. The minimum Gasteiger partial charge on any atom is -0.492 e. The second-order valence-electron chi connectivity index (χ2n) is 25.8. The van der Waals surface area contributed by atoms with Crippen molar-refractivity contribution in [3.63, 3.8) is 0 Å². The molecule has 28 heteroatoms. The molecule has 0 radical (unpaired) electrons. The molecule has 8 aromatic rings. The maximum absolute atomic E-state index is 11.7. The van der Waals surface area contributed by atoms with Gasteiger partial charge in [0.1, 0.15) is 35.3 Å². The molecule has 4 bridgehead atoms. The van der Waals surface area contributed by atoms with Gasteiger partial charge in [-0.25, -0.2) is 37.4 Å². The highest BCUT2D eigenvalue weighted by atomic mass is 79.9. The van der Waals surface area contributed by atoms with E-state index in [1.54, 1.807) is 41.8 Å². The van der Waals surface area contributed by atoms with E-state index in [2.05, 4.69) is 97.1 Å². The van der Waals surface area contributed by atoms with Crippen LogP contribution < -0.4 is 34.2 Å². The van der Waals surface area contributed by atoms with Crippen LogP contribution in [-0.4, -0.2) is 176 Å². The number of aromatic nitrogens is 8. The van der Waals surface area contributed by atoms with Crippen LogP contribution in [0.4, 0.5) is 11.6 Å². The number of nitriles is 2. The van der Waals surface area contributed by atoms with Crippen LogP contribution in [0.15, 0.2) is 115 Å². The molecule has 0 aromatic carbocycles. The van der Waals surface area contributed by atoms with Crippen LogP contribution in [0.2, 0.25) is 0 Å². The molecule has 0 spiro atoms. The number of anilines is 2. The third-order valence-corrected chi connectivity index (χ3v) is 23.3. The number of methoxy groups -OCH3 is 2. The number of halogens is 1. The van der Waals surface area contributed by atoms with E-state index in [-0.39, 0.29) is 11.8 Å². The summed E-state index contributed by atoms with van der Waals surface area (Å²) in [6.45, 7) is 14.5. The fraction of sp³-hybridized carbons (Fsp3) is 0.438. The Kier molecular flexibility index (Phi) is 17.2. The summed E-state index contributed by atoms with van der Waals surface area (Å²) in [6, 6.07) is 26.6. The number of pyridine rings is 6. The van der Waals surface area contributed by atoms with Crippen LogP contribution in [0.5, 0.6) is 23.3 Å². The summed E-state index contributed by atoms with van der Waals surface area (Å²) in [7, 11) is -2.18. The molecule has 4 atom stereocenters. The molecule has 0 amide bonds. The lowest BCUT2D eigenvalue weighted by Gasteiger charge is -2.56. The van der Waals surface area contributed by atoms with Crippen molar-refractivity contribution < 1.29 is 36.7 Å². The van der Waals surface area contributed by atoms with E-state index in [1.807, 2.05) is 88.9 Å². The topological polar surface area (TPSA) is 284 Å². The van der Waals surface area contributed by atoms with E-state index in [0.717, 1.165) is 66.5 Å². The van der Waals surface area contributed by atoms with Gasteiger partial charge in [0.15, 0.2) is 0 Å². The Bertz CT molecular complexity index is 4300. The molecule has 0 saturated carbocycles. The lowest BCUT2D eigenvalue weighted by atomic mass is 9.78.